The molecule has 1 aromatic rings. The van der Waals surface area contributed by atoms with Gasteiger partial charge in [0.15, 0.2) is 0 Å². The van der Waals surface area contributed by atoms with Crippen molar-refractivity contribution in [2.75, 3.05) is 0 Å². The van der Waals surface area contributed by atoms with Crippen molar-refractivity contribution in [2.45, 2.75) is 26.3 Å². The molecule has 0 saturated carbocycles. The third kappa shape index (κ3) is 2.61. The van der Waals surface area contributed by atoms with Gasteiger partial charge in [0, 0.05) is 10.5 Å². The zero-order valence-electron chi connectivity index (χ0n) is 7.47. The van der Waals surface area contributed by atoms with E-state index >= 15 is 0 Å². The third-order valence-electron chi connectivity index (χ3n) is 1.74. The van der Waals surface area contributed by atoms with E-state index in [2.05, 4.69) is 41.1 Å². The smallest absolute Gasteiger partial charge is 0.0208 e. The maximum Gasteiger partial charge on any atom is 0.0208 e. The second-order valence-corrected chi connectivity index (χ2v) is 4.13. The van der Waals surface area contributed by atoms with Crippen molar-refractivity contribution < 1.29 is 0 Å². The minimum Gasteiger partial charge on any atom is -0.328 e. The predicted molar refractivity (Wildman–Crippen MR) is 56.2 cm³/mol. The maximum absolute atomic E-state index is 5.72. The van der Waals surface area contributed by atoms with Crippen molar-refractivity contribution in [1.82, 2.24) is 0 Å². The van der Waals surface area contributed by atoms with Crippen LogP contribution in [-0.2, 0) is 6.42 Å². The van der Waals surface area contributed by atoms with E-state index in [0.717, 1.165) is 10.9 Å². The first-order chi connectivity index (χ1) is 5.59. The molecule has 1 aromatic carbocycles. The highest BCUT2D eigenvalue weighted by molar-refractivity contribution is 9.10. The summed E-state index contributed by atoms with van der Waals surface area (Å²) in [6.45, 7) is 4.12. The van der Waals surface area contributed by atoms with E-state index in [0.29, 0.717) is 0 Å². The van der Waals surface area contributed by atoms with Gasteiger partial charge in [0.1, 0.15) is 0 Å². The van der Waals surface area contributed by atoms with E-state index in [4.69, 9.17) is 5.73 Å². The van der Waals surface area contributed by atoms with Gasteiger partial charge in [-0.25, -0.2) is 0 Å². The average Bonchev–Trinajstić information content (AvgIpc) is 1.96. The Morgan fingerprint density at radius 3 is 2.75 bits per heavy atom. The lowest BCUT2D eigenvalue weighted by Crippen LogP contribution is -2.18. The predicted octanol–water partition coefficient (Wildman–Crippen LogP) is 2.65. The van der Waals surface area contributed by atoms with Crippen LogP contribution in [0.5, 0.6) is 0 Å². The Kier molecular flexibility index (Phi) is 3.29. The molecule has 0 heterocycles. The van der Waals surface area contributed by atoms with Gasteiger partial charge in [-0.2, -0.15) is 0 Å². The summed E-state index contributed by atoms with van der Waals surface area (Å²) in [7, 11) is 0. The summed E-state index contributed by atoms with van der Waals surface area (Å²) in [5.74, 6) is 0. The molecule has 0 aliphatic rings. The summed E-state index contributed by atoms with van der Waals surface area (Å²) in [6.07, 6.45) is 0.933. The Hall–Kier alpha value is -0.340. The summed E-state index contributed by atoms with van der Waals surface area (Å²) < 4.78 is 1.16. The van der Waals surface area contributed by atoms with Crippen molar-refractivity contribution in [1.29, 1.82) is 0 Å². The van der Waals surface area contributed by atoms with Crippen LogP contribution in [0.25, 0.3) is 0 Å². The largest absolute Gasteiger partial charge is 0.328 e. The molecule has 0 radical (unpaired) electrons. The Morgan fingerprint density at radius 2 is 2.17 bits per heavy atom. The molecule has 1 rings (SSSR count). The van der Waals surface area contributed by atoms with Gasteiger partial charge in [-0.05, 0) is 31.9 Å². The Labute approximate surface area is 82.1 Å². The summed E-state index contributed by atoms with van der Waals surface area (Å²) in [4.78, 5) is 0. The number of nitrogens with two attached hydrogens (primary N) is 1. The molecule has 66 valence electrons. The molecular formula is C10H14BrN. The summed E-state index contributed by atoms with van der Waals surface area (Å²) >= 11 is 3.50. The Morgan fingerprint density at radius 1 is 1.50 bits per heavy atom. The van der Waals surface area contributed by atoms with Crippen molar-refractivity contribution >= 4 is 15.9 Å². The molecule has 0 aromatic heterocycles. The summed E-state index contributed by atoms with van der Waals surface area (Å²) in [5, 5.41) is 0. The highest BCUT2D eigenvalue weighted by Crippen LogP contribution is 2.19. The molecular weight excluding hydrogens is 214 g/mol. The molecule has 0 aliphatic heterocycles. The molecule has 1 atom stereocenters. The number of aryl methyl sites for hydroxylation is 1. The number of hydrogen-bond acceptors (Lipinski definition) is 1. The monoisotopic (exact) mass is 227 g/mol. The van der Waals surface area contributed by atoms with Crippen molar-refractivity contribution in [3.63, 3.8) is 0 Å². The molecule has 0 amide bonds. The van der Waals surface area contributed by atoms with E-state index in [1.54, 1.807) is 0 Å². The van der Waals surface area contributed by atoms with E-state index < -0.39 is 0 Å². The van der Waals surface area contributed by atoms with Crippen LogP contribution in [0.1, 0.15) is 18.1 Å². The van der Waals surface area contributed by atoms with Crippen LogP contribution in [0.4, 0.5) is 0 Å². The van der Waals surface area contributed by atoms with Gasteiger partial charge in [-0.15, -0.1) is 0 Å². The molecule has 0 aliphatic carbocycles. The Bertz CT molecular complexity index is 269. The zero-order valence-corrected chi connectivity index (χ0v) is 9.06. The van der Waals surface area contributed by atoms with Crippen molar-refractivity contribution in [2.24, 2.45) is 5.73 Å². The van der Waals surface area contributed by atoms with Crippen LogP contribution >= 0.6 is 15.9 Å². The van der Waals surface area contributed by atoms with E-state index in [-0.39, 0.29) is 6.04 Å². The van der Waals surface area contributed by atoms with Crippen LogP contribution in [0.2, 0.25) is 0 Å². The second-order valence-electron chi connectivity index (χ2n) is 3.28. The third-order valence-corrected chi connectivity index (χ3v) is 2.52. The van der Waals surface area contributed by atoms with Gasteiger partial charge >= 0.3 is 0 Å². The standard InChI is InChI=1S/C10H14BrN/c1-7-3-4-10(11)9(5-7)6-8(2)12/h3-5,8H,6,12H2,1-2H3/t8-/m1/s1. The summed E-state index contributed by atoms with van der Waals surface area (Å²) in [5.41, 5.74) is 8.30. The number of halogens is 1. The van der Waals surface area contributed by atoms with E-state index in [1.807, 2.05) is 6.92 Å². The van der Waals surface area contributed by atoms with E-state index in [9.17, 15) is 0 Å². The van der Waals surface area contributed by atoms with E-state index in [1.165, 1.54) is 11.1 Å². The van der Waals surface area contributed by atoms with Crippen LogP contribution < -0.4 is 5.73 Å². The average molecular weight is 228 g/mol. The SMILES string of the molecule is Cc1ccc(Br)c(C[C@@H](C)N)c1. The number of rotatable bonds is 2. The van der Waals surface area contributed by atoms with Crippen molar-refractivity contribution in [3.05, 3.63) is 33.8 Å². The first-order valence-corrected chi connectivity index (χ1v) is 4.89. The fraction of sp³-hybridized carbons (Fsp3) is 0.400. The van der Waals surface area contributed by atoms with Gasteiger partial charge in [0.2, 0.25) is 0 Å². The molecule has 0 saturated heterocycles. The number of benzene rings is 1. The number of hydrogen-bond donors (Lipinski definition) is 1. The molecule has 0 spiro atoms. The second kappa shape index (κ2) is 4.06. The van der Waals surface area contributed by atoms with Gasteiger partial charge in [0.05, 0.1) is 0 Å². The molecule has 0 bridgehead atoms. The fourth-order valence-electron chi connectivity index (χ4n) is 1.21. The quantitative estimate of drug-likeness (QED) is 0.827. The highest BCUT2D eigenvalue weighted by atomic mass is 79.9. The zero-order chi connectivity index (χ0) is 9.14. The molecule has 2 heteroatoms. The van der Waals surface area contributed by atoms with Crippen molar-refractivity contribution in [3.8, 4) is 0 Å². The van der Waals surface area contributed by atoms with Crippen LogP contribution in [0.15, 0.2) is 22.7 Å². The Balaban J connectivity index is 2.90. The van der Waals surface area contributed by atoms with Gasteiger partial charge in [-0.3, -0.25) is 0 Å². The normalized spacial score (nSPS) is 13.0. The van der Waals surface area contributed by atoms with Crippen LogP contribution in [0.3, 0.4) is 0 Å². The lowest BCUT2D eigenvalue weighted by atomic mass is 10.1. The molecule has 0 fully saturated rings. The first kappa shape index (κ1) is 9.75. The highest BCUT2D eigenvalue weighted by Gasteiger charge is 2.02. The minimum absolute atomic E-state index is 0.225. The molecule has 1 nitrogen and oxygen atoms in total. The molecule has 0 unspecified atom stereocenters. The maximum atomic E-state index is 5.72. The minimum atomic E-state index is 0.225. The molecule has 12 heavy (non-hydrogen) atoms. The summed E-state index contributed by atoms with van der Waals surface area (Å²) in [6, 6.07) is 6.57. The topological polar surface area (TPSA) is 26.0 Å². The van der Waals surface area contributed by atoms with Gasteiger partial charge < -0.3 is 5.73 Å². The van der Waals surface area contributed by atoms with Crippen LogP contribution in [0, 0.1) is 6.92 Å². The van der Waals surface area contributed by atoms with Crippen LogP contribution in [-0.4, -0.2) is 6.04 Å². The first-order valence-electron chi connectivity index (χ1n) is 4.10. The molecule has 2 N–H and O–H groups in total. The van der Waals surface area contributed by atoms with Gasteiger partial charge in [0.25, 0.3) is 0 Å². The lowest BCUT2D eigenvalue weighted by molar-refractivity contribution is 0.735. The lowest BCUT2D eigenvalue weighted by Gasteiger charge is -2.08. The fourth-order valence-corrected chi connectivity index (χ4v) is 1.62. The van der Waals surface area contributed by atoms with Gasteiger partial charge in [-0.1, -0.05) is 33.6 Å².